The number of fused-ring (bicyclic) bond motifs is 9. The molecular weight excluding hydrogens is 741 g/mol. The monoisotopic (exact) mass is 772 g/mol. The summed E-state index contributed by atoms with van der Waals surface area (Å²) in [6, 6.07) is 67.9. The number of thiophene rings is 1. The summed E-state index contributed by atoms with van der Waals surface area (Å²) in [5.74, 6) is 1.82. The van der Waals surface area contributed by atoms with Gasteiger partial charge in [0.25, 0.3) is 0 Å². The van der Waals surface area contributed by atoms with E-state index in [1.165, 1.54) is 25.6 Å². The largest absolute Gasteiger partial charge is 0.456 e. The van der Waals surface area contributed by atoms with Gasteiger partial charge in [-0.05, 0) is 52.6 Å². The van der Waals surface area contributed by atoms with Crippen molar-refractivity contribution >= 4 is 92.1 Å². The van der Waals surface area contributed by atoms with Crippen LogP contribution in [0.5, 0.6) is 0 Å². The molecule has 0 amide bonds. The Labute approximate surface area is 343 Å². The molecule has 3 aromatic heterocycles. The number of furan rings is 1. The van der Waals surface area contributed by atoms with Gasteiger partial charge in [0.15, 0.2) is 17.5 Å². The third-order valence-electron chi connectivity index (χ3n) is 11.3. The third kappa shape index (κ3) is 5.49. The quantitative estimate of drug-likeness (QED) is 0.168. The number of para-hydroxylation sites is 1. The molecule has 0 aliphatic carbocycles. The maximum Gasteiger partial charge on any atom is 0.164 e. The predicted octanol–water partition coefficient (Wildman–Crippen LogP) is 14.9. The molecule has 59 heavy (non-hydrogen) atoms. The minimum absolute atomic E-state index is 0.589. The molecule has 12 aromatic rings. The van der Waals surface area contributed by atoms with E-state index in [0.717, 1.165) is 71.8 Å². The first kappa shape index (κ1) is 33.5. The van der Waals surface area contributed by atoms with Crippen molar-refractivity contribution in [2.45, 2.75) is 0 Å². The van der Waals surface area contributed by atoms with Gasteiger partial charge in [-0.25, -0.2) is 15.0 Å². The van der Waals surface area contributed by atoms with Crippen LogP contribution in [-0.4, -0.2) is 15.0 Å². The molecule has 0 radical (unpaired) electrons. The van der Waals surface area contributed by atoms with Crippen LogP contribution in [0.15, 0.2) is 199 Å². The van der Waals surface area contributed by atoms with Crippen LogP contribution >= 0.6 is 11.3 Å². The standard InChI is InChI=1S/C53H32N4OS/c1-3-16-34(17-4-1)51-54-52(36-30-29-33-15-7-8-18-35(33)31-36)56-53(55-51)42-25-14-27-45-49(42)48-40-23-10-9-21-38(40)44(32-46(48)58-45)57(37-19-5-2-6-20-37)43-26-13-24-41-39-22-11-12-28-47(39)59-50(41)43/h1-32H. The number of nitrogens with zero attached hydrogens (tertiary/aromatic N) is 4. The van der Waals surface area contributed by atoms with Crippen LogP contribution in [0.3, 0.4) is 0 Å². The van der Waals surface area contributed by atoms with Crippen LogP contribution in [0.1, 0.15) is 0 Å². The average molecular weight is 773 g/mol. The van der Waals surface area contributed by atoms with Gasteiger partial charge in [0.1, 0.15) is 11.2 Å². The molecule has 12 rings (SSSR count). The zero-order valence-electron chi connectivity index (χ0n) is 31.6. The molecule has 0 aliphatic heterocycles. The Kier molecular flexibility index (Phi) is 7.64. The number of hydrogen-bond acceptors (Lipinski definition) is 6. The molecule has 0 unspecified atom stereocenters. The summed E-state index contributed by atoms with van der Waals surface area (Å²) < 4.78 is 9.41. The molecule has 3 heterocycles. The number of benzene rings is 9. The molecular formula is C53H32N4OS. The Morgan fingerprint density at radius 3 is 1.92 bits per heavy atom. The first-order valence-corrected chi connectivity index (χ1v) is 20.5. The smallest absolute Gasteiger partial charge is 0.164 e. The molecule has 0 saturated heterocycles. The zero-order valence-corrected chi connectivity index (χ0v) is 32.4. The SMILES string of the molecule is c1ccc(-c2nc(-c3ccc4ccccc4c3)nc(-c3cccc4oc5cc(N(c6ccccc6)c6cccc7c6sc6ccccc67)c6ccccc6c5c34)n2)cc1. The molecule has 6 heteroatoms. The first-order chi connectivity index (χ1) is 29.2. The van der Waals surface area contributed by atoms with Crippen LogP contribution in [-0.2, 0) is 0 Å². The Balaban J connectivity index is 1.12. The summed E-state index contributed by atoms with van der Waals surface area (Å²) >= 11 is 1.83. The normalized spacial score (nSPS) is 11.7. The van der Waals surface area contributed by atoms with Crippen LogP contribution < -0.4 is 4.90 Å². The lowest BCUT2D eigenvalue weighted by atomic mass is 9.98. The highest BCUT2D eigenvalue weighted by molar-refractivity contribution is 7.26. The van der Waals surface area contributed by atoms with E-state index in [0.29, 0.717) is 17.5 Å². The molecule has 0 aliphatic rings. The predicted molar refractivity (Wildman–Crippen MR) is 246 cm³/mol. The summed E-state index contributed by atoms with van der Waals surface area (Å²) in [5.41, 5.74) is 7.52. The lowest BCUT2D eigenvalue weighted by molar-refractivity contribution is 0.669. The molecule has 9 aromatic carbocycles. The van der Waals surface area contributed by atoms with Gasteiger partial charge in [-0.3, -0.25) is 0 Å². The van der Waals surface area contributed by atoms with Crippen molar-refractivity contribution in [3.63, 3.8) is 0 Å². The van der Waals surface area contributed by atoms with Crippen molar-refractivity contribution in [3.8, 4) is 34.2 Å². The zero-order chi connectivity index (χ0) is 38.9. The minimum atomic E-state index is 0.589. The van der Waals surface area contributed by atoms with E-state index >= 15 is 0 Å². The second-order valence-corrected chi connectivity index (χ2v) is 15.8. The van der Waals surface area contributed by atoms with E-state index < -0.39 is 0 Å². The van der Waals surface area contributed by atoms with E-state index in [9.17, 15) is 0 Å². The minimum Gasteiger partial charge on any atom is -0.456 e. The van der Waals surface area contributed by atoms with Crippen molar-refractivity contribution in [2.75, 3.05) is 4.90 Å². The lowest BCUT2D eigenvalue weighted by Gasteiger charge is -2.27. The molecule has 0 fully saturated rings. The van der Waals surface area contributed by atoms with Gasteiger partial charge in [-0.15, -0.1) is 11.3 Å². The van der Waals surface area contributed by atoms with Crippen LogP contribution in [0, 0.1) is 0 Å². The summed E-state index contributed by atoms with van der Waals surface area (Å²) in [7, 11) is 0. The van der Waals surface area contributed by atoms with E-state index in [1.807, 2.05) is 53.8 Å². The van der Waals surface area contributed by atoms with Gasteiger partial charge < -0.3 is 9.32 Å². The number of rotatable bonds is 6. The summed E-state index contributed by atoms with van der Waals surface area (Å²) in [4.78, 5) is 17.9. The molecule has 0 atom stereocenters. The van der Waals surface area contributed by atoms with E-state index in [4.69, 9.17) is 19.4 Å². The maximum atomic E-state index is 6.90. The highest BCUT2D eigenvalue weighted by Gasteiger charge is 2.25. The van der Waals surface area contributed by atoms with Gasteiger partial charge in [0.2, 0.25) is 0 Å². The van der Waals surface area contributed by atoms with Crippen molar-refractivity contribution in [3.05, 3.63) is 194 Å². The fourth-order valence-corrected chi connectivity index (χ4v) is 9.80. The molecule has 0 saturated carbocycles. The highest BCUT2D eigenvalue weighted by atomic mass is 32.1. The van der Waals surface area contributed by atoms with Crippen molar-refractivity contribution in [2.24, 2.45) is 0 Å². The maximum absolute atomic E-state index is 6.90. The van der Waals surface area contributed by atoms with Gasteiger partial charge in [-0.1, -0.05) is 152 Å². The average Bonchev–Trinajstić information content (AvgIpc) is 3.89. The summed E-state index contributed by atoms with van der Waals surface area (Å²) in [6.45, 7) is 0. The second-order valence-electron chi connectivity index (χ2n) is 14.8. The Bertz CT molecular complexity index is 3580. The second kappa shape index (κ2) is 13.5. The van der Waals surface area contributed by atoms with Crippen molar-refractivity contribution in [1.82, 2.24) is 15.0 Å². The van der Waals surface area contributed by atoms with Gasteiger partial charge in [0, 0.05) is 60.1 Å². The molecule has 0 spiro atoms. The fraction of sp³-hybridized carbons (Fsp3) is 0. The number of hydrogen-bond donors (Lipinski definition) is 0. The van der Waals surface area contributed by atoms with Crippen LogP contribution in [0.4, 0.5) is 17.1 Å². The summed E-state index contributed by atoms with van der Waals surface area (Å²) in [6.07, 6.45) is 0. The fourth-order valence-electron chi connectivity index (χ4n) is 8.60. The van der Waals surface area contributed by atoms with Gasteiger partial charge in [0.05, 0.1) is 16.1 Å². The Morgan fingerprint density at radius 1 is 0.407 bits per heavy atom. The molecule has 0 N–H and O–H groups in total. The first-order valence-electron chi connectivity index (χ1n) is 19.7. The molecule has 5 nitrogen and oxygen atoms in total. The van der Waals surface area contributed by atoms with E-state index in [1.54, 1.807) is 0 Å². The Hall–Kier alpha value is -7.67. The van der Waals surface area contributed by atoms with E-state index in [2.05, 4.69) is 157 Å². The van der Waals surface area contributed by atoms with Crippen LogP contribution in [0.2, 0.25) is 0 Å². The van der Waals surface area contributed by atoms with Gasteiger partial charge in [-0.2, -0.15) is 0 Å². The number of aromatic nitrogens is 3. The number of anilines is 3. The van der Waals surface area contributed by atoms with E-state index in [-0.39, 0.29) is 0 Å². The van der Waals surface area contributed by atoms with Crippen LogP contribution in [0.25, 0.3) is 97.8 Å². The third-order valence-corrected chi connectivity index (χ3v) is 12.5. The molecule has 276 valence electrons. The lowest BCUT2D eigenvalue weighted by Crippen LogP contribution is -2.10. The van der Waals surface area contributed by atoms with Gasteiger partial charge >= 0.3 is 0 Å². The highest BCUT2D eigenvalue weighted by Crippen LogP contribution is 2.49. The topological polar surface area (TPSA) is 55.1 Å². The Morgan fingerprint density at radius 2 is 1.07 bits per heavy atom. The summed E-state index contributed by atoms with van der Waals surface area (Å²) in [5, 5.41) is 9.00. The van der Waals surface area contributed by atoms with Crippen molar-refractivity contribution < 1.29 is 4.42 Å². The molecule has 0 bridgehead atoms. The van der Waals surface area contributed by atoms with Crippen molar-refractivity contribution in [1.29, 1.82) is 0 Å².